The summed E-state index contributed by atoms with van der Waals surface area (Å²) in [4.78, 5) is 13.0. The van der Waals surface area contributed by atoms with Crippen LogP contribution < -0.4 is 5.32 Å². The van der Waals surface area contributed by atoms with E-state index >= 15 is 0 Å². The summed E-state index contributed by atoms with van der Waals surface area (Å²) in [5.41, 5.74) is 0. The van der Waals surface area contributed by atoms with E-state index in [1.165, 1.54) is 225 Å². The molecule has 1 heterocycles. The summed E-state index contributed by atoms with van der Waals surface area (Å²) in [6, 6.07) is -0.798. The molecule has 1 aliphatic rings. The monoisotopic (exact) mass is 924 g/mol. The molecule has 7 atom stereocenters. The Morgan fingerprint density at radius 3 is 1.20 bits per heavy atom. The molecule has 0 saturated carbocycles. The molecule has 9 nitrogen and oxygen atoms in total. The van der Waals surface area contributed by atoms with Crippen molar-refractivity contribution in [2.24, 2.45) is 0 Å². The molecule has 0 aliphatic carbocycles. The first-order valence-electron chi connectivity index (χ1n) is 28.4. The predicted molar refractivity (Wildman–Crippen MR) is 272 cm³/mol. The van der Waals surface area contributed by atoms with Gasteiger partial charge in [0, 0.05) is 6.42 Å². The van der Waals surface area contributed by atoms with Crippen molar-refractivity contribution in [2.75, 3.05) is 13.2 Å². The zero-order valence-corrected chi connectivity index (χ0v) is 42.8. The van der Waals surface area contributed by atoms with Crippen LogP contribution in [0.5, 0.6) is 0 Å². The second-order valence-electron chi connectivity index (χ2n) is 20.1. The molecule has 0 aromatic rings. The molecule has 65 heavy (non-hydrogen) atoms. The highest BCUT2D eigenvalue weighted by Gasteiger charge is 2.44. The fraction of sp³-hybridized carbons (Fsp3) is 0.946. The van der Waals surface area contributed by atoms with E-state index < -0.39 is 49.5 Å². The van der Waals surface area contributed by atoms with Gasteiger partial charge in [-0.2, -0.15) is 0 Å². The van der Waals surface area contributed by atoms with Crippen LogP contribution in [0.1, 0.15) is 284 Å². The van der Waals surface area contributed by atoms with Crippen molar-refractivity contribution in [3.05, 3.63) is 12.2 Å². The maximum Gasteiger partial charge on any atom is 0.220 e. The van der Waals surface area contributed by atoms with Gasteiger partial charge in [0.15, 0.2) is 6.29 Å². The fourth-order valence-electron chi connectivity index (χ4n) is 9.34. The van der Waals surface area contributed by atoms with Crippen LogP contribution in [-0.4, -0.2) is 87.5 Å². The lowest BCUT2D eigenvalue weighted by atomic mass is 9.99. The predicted octanol–water partition coefficient (Wildman–Crippen LogP) is 13.6. The van der Waals surface area contributed by atoms with Gasteiger partial charge in [0.05, 0.1) is 25.4 Å². The quantitative estimate of drug-likeness (QED) is 0.0261. The molecule has 0 radical (unpaired) electrons. The Morgan fingerprint density at radius 2 is 0.846 bits per heavy atom. The van der Waals surface area contributed by atoms with Gasteiger partial charge in [-0.05, 0) is 19.3 Å². The average Bonchev–Trinajstić information content (AvgIpc) is 3.31. The number of allylic oxidation sites excluding steroid dienone is 1. The molecule has 0 bridgehead atoms. The van der Waals surface area contributed by atoms with Gasteiger partial charge in [0.25, 0.3) is 0 Å². The SMILES string of the molecule is CCCCCCCCCC/C=C/C(O)C(COC1OC(CO)C(O)C(O)C1O)NC(=O)CCCCCCCCCCCCCCCCCCCCCCCCCCCCCCCCCC. The summed E-state index contributed by atoms with van der Waals surface area (Å²) in [7, 11) is 0. The maximum absolute atomic E-state index is 13.0. The van der Waals surface area contributed by atoms with E-state index in [0.29, 0.717) is 6.42 Å². The number of amides is 1. The second kappa shape index (κ2) is 46.6. The van der Waals surface area contributed by atoms with E-state index in [4.69, 9.17) is 9.47 Å². The summed E-state index contributed by atoms with van der Waals surface area (Å²) in [6.07, 6.45) is 50.3. The van der Waals surface area contributed by atoms with E-state index in [1.807, 2.05) is 6.08 Å². The second-order valence-corrected chi connectivity index (χ2v) is 20.1. The van der Waals surface area contributed by atoms with Crippen LogP contribution in [0.3, 0.4) is 0 Å². The normalized spacial score (nSPS) is 19.9. The Balaban J connectivity index is 2.06. The number of carbonyl (C=O) groups excluding carboxylic acids is 1. The molecule has 0 aromatic carbocycles. The number of hydrogen-bond donors (Lipinski definition) is 6. The van der Waals surface area contributed by atoms with Gasteiger partial charge in [0.1, 0.15) is 24.4 Å². The van der Waals surface area contributed by atoms with E-state index in [-0.39, 0.29) is 12.5 Å². The van der Waals surface area contributed by atoms with E-state index in [2.05, 4.69) is 19.2 Å². The van der Waals surface area contributed by atoms with Gasteiger partial charge in [0.2, 0.25) is 5.91 Å². The summed E-state index contributed by atoms with van der Waals surface area (Å²) in [5.74, 6) is -0.173. The number of unbranched alkanes of at least 4 members (excludes halogenated alkanes) is 39. The third-order valence-electron chi connectivity index (χ3n) is 13.9. The van der Waals surface area contributed by atoms with E-state index in [9.17, 15) is 30.3 Å². The highest BCUT2D eigenvalue weighted by atomic mass is 16.7. The number of carbonyl (C=O) groups is 1. The molecular weight excluding hydrogens is 815 g/mol. The Hall–Kier alpha value is -1.07. The van der Waals surface area contributed by atoms with Gasteiger partial charge in [-0.1, -0.05) is 270 Å². The molecule has 1 fully saturated rings. The van der Waals surface area contributed by atoms with Crippen LogP contribution in [0.15, 0.2) is 12.2 Å². The number of hydrogen-bond acceptors (Lipinski definition) is 8. The van der Waals surface area contributed by atoms with Crippen LogP contribution in [0.4, 0.5) is 0 Å². The number of ether oxygens (including phenoxy) is 2. The molecule has 1 aliphatic heterocycles. The molecule has 6 N–H and O–H groups in total. The van der Waals surface area contributed by atoms with Gasteiger partial charge >= 0.3 is 0 Å². The highest BCUT2D eigenvalue weighted by molar-refractivity contribution is 5.76. The molecule has 386 valence electrons. The molecule has 0 aromatic heterocycles. The minimum Gasteiger partial charge on any atom is -0.394 e. The molecule has 1 amide bonds. The largest absolute Gasteiger partial charge is 0.394 e. The van der Waals surface area contributed by atoms with Gasteiger partial charge < -0.3 is 40.3 Å². The Labute approximate surface area is 401 Å². The number of rotatable bonds is 49. The number of aliphatic hydroxyl groups is 5. The Kier molecular flexibility index (Phi) is 44.5. The fourth-order valence-corrected chi connectivity index (χ4v) is 9.34. The first-order valence-corrected chi connectivity index (χ1v) is 28.4. The minimum absolute atomic E-state index is 0.173. The number of aliphatic hydroxyl groups excluding tert-OH is 5. The van der Waals surface area contributed by atoms with Crippen molar-refractivity contribution in [3.8, 4) is 0 Å². The Morgan fingerprint density at radius 1 is 0.508 bits per heavy atom. The average molecular weight is 924 g/mol. The summed E-state index contributed by atoms with van der Waals surface area (Å²) in [5, 5.41) is 54.2. The lowest BCUT2D eigenvalue weighted by molar-refractivity contribution is -0.302. The summed E-state index contributed by atoms with van der Waals surface area (Å²) < 4.78 is 11.2. The lowest BCUT2D eigenvalue weighted by Crippen LogP contribution is -2.60. The van der Waals surface area contributed by atoms with Crippen molar-refractivity contribution in [2.45, 2.75) is 326 Å². The van der Waals surface area contributed by atoms with Crippen LogP contribution in [0, 0.1) is 0 Å². The zero-order chi connectivity index (χ0) is 47.3. The molecular formula is C56H109NO8. The third-order valence-corrected chi connectivity index (χ3v) is 13.9. The van der Waals surface area contributed by atoms with Crippen LogP contribution in [0.2, 0.25) is 0 Å². The van der Waals surface area contributed by atoms with Gasteiger partial charge in [-0.15, -0.1) is 0 Å². The lowest BCUT2D eigenvalue weighted by Gasteiger charge is -2.40. The van der Waals surface area contributed by atoms with E-state index in [1.54, 1.807) is 6.08 Å². The Bertz CT molecular complexity index is 1030. The topological polar surface area (TPSA) is 149 Å². The van der Waals surface area contributed by atoms with Crippen LogP contribution >= 0.6 is 0 Å². The van der Waals surface area contributed by atoms with Crippen molar-refractivity contribution in [1.82, 2.24) is 5.32 Å². The molecule has 7 unspecified atom stereocenters. The van der Waals surface area contributed by atoms with Crippen molar-refractivity contribution >= 4 is 5.91 Å². The summed E-state index contributed by atoms with van der Waals surface area (Å²) in [6.45, 7) is 3.78. The molecule has 1 saturated heterocycles. The third kappa shape index (κ3) is 36.6. The minimum atomic E-state index is -1.56. The zero-order valence-electron chi connectivity index (χ0n) is 42.8. The molecule has 1 rings (SSSR count). The smallest absolute Gasteiger partial charge is 0.220 e. The standard InChI is InChI=1S/C56H109NO8/c1-3-5-7-9-11-13-15-16-17-18-19-20-21-22-23-24-25-26-27-28-29-30-31-32-33-34-35-36-38-40-42-44-46-52(60)57-49(48-64-56-55(63)54(62)53(61)51(47-58)65-56)50(59)45-43-41-39-37-14-12-10-8-6-4-2/h43,45,49-51,53-56,58-59,61-63H,3-42,44,46-48H2,1-2H3,(H,57,60)/b45-43+. The highest BCUT2D eigenvalue weighted by Crippen LogP contribution is 2.23. The van der Waals surface area contributed by atoms with Gasteiger partial charge in [-0.25, -0.2) is 0 Å². The van der Waals surface area contributed by atoms with Crippen molar-refractivity contribution < 1.29 is 39.8 Å². The maximum atomic E-state index is 13.0. The first-order chi connectivity index (χ1) is 31.8. The van der Waals surface area contributed by atoms with Crippen molar-refractivity contribution in [3.63, 3.8) is 0 Å². The summed E-state index contributed by atoms with van der Waals surface area (Å²) >= 11 is 0. The van der Waals surface area contributed by atoms with Crippen molar-refractivity contribution in [1.29, 1.82) is 0 Å². The van der Waals surface area contributed by atoms with Gasteiger partial charge in [-0.3, -0.25) is 4.79 Å². The number of nitrogens with one attached hydrogen (secondary N) is 1. The first kappa shape index (κ1) is 61.9. The molecule has 9 heteroatoms. The van der Waals surface area contributed by atoms with Crippen LogP contribution in [0.25, 0.3) is 0 Å². The molecule has 0 spiro atoms. The van der Waals surface area contributed by atoms with Crippen LogP contribution in [-0.2, 0) is 14.3 Å². The van der Waals surface area contributed by atoms with E-state index in [0.717, 1.165) is 38.5 Å².